The van der Waals surface area contributed by atoms with Gasteiger partial charge in [-0.05, 0) is 24.3 Å². The third-order valence-electron chi connectivity index (χ3n) is 3.26. The molecule has 0 bridgehead atoms. The van der Waals surface area contributed by atoms with Gasteiger partial charge in [0.1, 0.15) is 0 Å². The van der Waals surface area contributed by atoms with Crippen LogP contribution in [0.3, 0.4) is 0 Å². The highest BCUT2D eigenvalue weighted by Gasteiger charge is 2.21. The third kappa shape index (κ3) is 2.69. The van der Waals surface area contributed by atoms with E-state index in [2.05, 4.69) is 10.5 Å². The van der Waals surface area contributed by atoms with E-state index < -0.39 is 0 Å². The first-order chi connectivity index (χ1) is 9.74. The molecule has 0 unspecified atom stereocenters. The summed E-state index contributed by atoms with van der Waals surface area (Å²) in [6, 6.07) is 8.89. The van der Waals surface area contributed by atoms with Gasteiger partial charge < -0.3 is 14.7 Å². The summed E-state index contributed by atoms with van der Waals surface area (Å²) >= 11 is 5.84. The van der Waals surface area contributed by atoms with Gasteiger partial charge in [0.05, 0.1) is 0 Å². The fourth-order valence-electron chi connectivity index (χ4n) is 2.16. The maximum atomic E-state index is 12.3. The Labute approximate surface area is 121 Å². The number of hydrogen-bond acceptors (Lipinski definition) is 4. The third-order valence-corrected chi connectivity index (χ3v) is 3.51. The molecule has 1 aliphatic heterocycles. The predicted molar refractivity (Wildman–Crippen MR) is 75.7 cm³/mol. The number of nitrogens with one attached hydrogen (secondary N) is 1. The van der Waals surface area contributed by atoms with E-state index in [4.69, 9.17) is 16.1 Å². The standard InChI is InChI=1S/C14H14ClN3O2/c15-11-3-1-10(2-4-11)13-9-12(17-20-13)14(19)18-7-5-16-6-8-18/h1-4,9,16H,5-8H2. The Morgan fingerprint density at radius 3 is 2.65 bits per heavy atom. The lowest BCUT2D eigenvalue weighted by Gasteiger charge is -2.26. The van der Waals surface area contributed by atoms with Gasteiger partial charge in [-0.2, -0.15) is 0 Å². The highest BCUT2D eigenvalue weighted by Crippen LogP contribution is 2.22. The molecule has 0 saturated carbocycles. The van der Waals surface area contributed by atoms with Crippen LogP contribution >= 0.6 is 11.6 Å². The molecule has 5 nitrogen and oxygen atoms in total. The Balaban J connectivity index is 1.79. The lowest BCUT2D eigenvalue weighted by Crippen LogP contribution is -2.46. The van der Waals surface area contributed by atoms with Gasteiger partial charge in [0.15, 0.2) is 11.5 Å². The SMILES string of the molecule is O=C(c1cc(-c2ccc(Cl)cc2)on1)N1CCNCC1. The minimum absolute atomic E-state index is 0.0875. The van der Waals surface area contributed by atoms with Gasteiger partial charge in [-0.1, -0.05) is 16.8 Å². The van der Waals surface area contributed by atoms with Crippen molar-refractivity contribution in [2.75, 3.05) is 26.2 Å². The summed E-state index contributed by atoms with van der Waals surface area (Å²) in [5.41, 5.74) is 1.19. The zero-order valence-corrected chi connectivity index (χ0v) is 11.6. The van der Waals surface area contributed by atoms with Gasteiger partial charge in [0.2, 0.25) is 0 Å². The van der Waals surface area contributed by atoms with Crippen LogP contribution in [0.25, 0.3) is 11.3 Å². The van der Waals surface area contributed by atoms with Crippen molar-refractivity contribution in [1.29, 1.82) is 0 Å². The number of hydrogen-bond donors (Lipinski definition) is 1. The molecule has 1 aromatic carbocycles. The molecule has 1 fully saturated rings. The minimum atomic E-state index is -0.0875. The monoisotopic (exact) mass is 291 g/mol. The molecular formula is C14H14ClN3O2. The van der Waals surface area contributed by atoms with Crippen LogP contribution in [0, 0.1) is 0 Å². The molecule has 104 valence electrons. The Kier molecular flexibility index (Phi) is 3.71. The van der Waals surface area contributed by atoms with Crippen molar-refractivity contribution in [1.82, 2.24) is 15.4 Å². The fraction of sp³-hybridized carbons (Fsp3) is 0.286. The van der Waals surface area contributed by atoms with Crippen molar-refractivity contribution >= 4 is 17.5 Å². The molecule has 2 heterocycles. The van der Waals surface area contributed by atoms with Crippen LogP contribution in [0.15, 0.2) is 34.9 Å². The molecule has 20 heavy (non-hydrogen) atoms. The molecular weight excluding hydrogens is 278 g/mol. The molecule has 1 saturated heterocycles. The molecule has 0 atom stereocenters. The van der Waals surface area contributed by atoms with E-state index in [-0.39, 0.29) is 5.91 Å². The van der Waals surface area contributed by atoms with E-state index in [0.717, 1.165) is 18.7 Å². The van der Waals surface area contributed by atoms with E-state index in [1.807, 2.05) is 12.1 Å². The van der Waals surface area contributed by atoms with E-state index >= 15 is 0 Å². The van der Waals surface area contributed by atoms with Crippen molar-refractivity contribution in [3.8, 4) is 11.3 Å². The molecule has 1 aliphatic rings. The Hall–Kier alpha value is -1.85. The lowest BCUT2D eigenvalue weighted by atomic mass is 10.1. The number of benzene rings is 1. The summed E-state index contributed by atoms with van der Waals surface area (Å²) in [5, 5.41) is 7.74. The molecule has 2 aromatic rings. The Bertz CT molecular complexity index is 603. The van der Waals surface area contributed by atoms with Crippen molar-refractivity contribution in [2.45, 2.75) is 0 Å². The van der Waals surface area contributed by atoms with Gasteiger partial charge in [-0.25, -0.2) is 0 Å². The maximum absolute atomic E-state index is 12.3. The van der Waals surface area contributed by atoms with Crippen molar-refractivity contribution in [3.63, 3.8) is 0 Å². The predicted octanol–water partition coefficient (Wildman–Crippen LogP) is 2.04. The second-order valence-electron chi connectivity index (χ2n) is 4.63. The zero-order valence-electron chi connectivity index (χ0n) is 10.8. The van der Waals surface area contributed by atoms with Crippen LogP contribution in [0.1, 0.15) is 10.5 Å². The minimum Gasteiger partial charge on any atom is -0.355 e. The highest BCUT2D eigenvalue weighted by molar-refractivity contribution is 6.30. The number of nitrogens with zero attached hydrogens (tertiary/aromatic N) is 2. The topological polar surface area (TPSA) is 58.4 Å². The lowest BCUT2D eigenvalue weighted by molar-refractivity contribution is 0.0725. The van der Waals surface area contributed by atoms with Gasteiger partial charge in [-0.3, -0.25) is 4.79 Å². The normalized spacial score (nSPS) is 15.3. The number of aromatic nitrogens is 1. The van der Waals surface area contributed by atoms with Crippen LogP contribution in [-0.4, -0.2) is 42.1 Å². The largest absolute Gasteiger partial charge is 0.355 e. The van der Waals surface area contributed by atoms with Gasteiger partial charge in [0.25, 0.3) is 5.91 Å². The van der Waals surface area contributed by atoms with Crippen molar-refractivity contribution < 1.29 is 9.32 Å². The van der Waals surface area contributed by atoms with Crippen LogP contribution in [-0.2, 0) is 0 Å². The second kappa shape index (κ2) is 5.64. The maximum Gasteiger partial charge on any atom is 0.276 e. The molecule has 0 spiro atoms. The summed E-state index contributed by atoms with van der Waals surface area (Å²) in [6.07, 6.45) is 0. The second-order valence-corrected chi connectivity index (χ2v) is 5.06. The van der Waals surface area contributed by atoms with E-state index in [1.54, 1.807) is 23.1 Å². The molecule has 1 amide bonds. The molecule has 0 radical (unpaired) electrons. The number of piperazine rings is 1. The van der Waals surface area contributed by atoms with E-state index in [9.17, 15) is 4.79 Å². The Morgan fingerprint density at radius 2 is 1.95 bits per heavy atom. The van der Waals surface area contributed by atoms with Crippen LogP contribution in [0.2, 0.25) is 5.02 Å². The van der Waals surface area contributed by atoms with Gasteiger partial charge in [0, 0.05) is 42.8 Å². The zero-order chi connectivity index (χ0) is 13.9. The number of amides is 1. The fourth-order valence-corrected chi connectivity index (χ4v) is 2.28. The molecule has 6 heteroatoms. The van der Waals surface area contributed by atoms with Crippen LogP contribution in [0.4, 0.5) is 0 Å². The average molecular weight is 292 g/mol. The van der Waals surface area contributed by atoms with Crippen molar-refractivity contribution in [2.24, 2.45) is 0 Å². The number of carbonyl (C=O) groups excluding carboxylic acids is 1. The van der Waals surface area contributed by atoms with Gasteiger partial charge >= 0.3 is 0 Å². The quantitative estimate of drug-likeness (QED) is 0.920. The number of halogens is 1. The molecule has 0 aliphatic carbocycles. The number of rotatable bonds is 2. The first-order valence-electron chi connectivity index (χ1n) is 6.47. The molecule has 1 aromatic heterocycles. The molecule has 3 rings (SSSR count). The summed E-state index contributed by atoms with van der Waals surface area (Å²) in [7, 11) is 0. The van der Waals surface area contributed by atoms with Crippen LogP contribution < -0.4 is 5.32 Å². The van der Waals surface area contributed by atoms with E-state index in [0.29, 0.717) is 29.6 Å². The summed E-state index contributed by atoms with van der Waals surface area (Å²) in [5.74, 6) is 0.482. The smallest absolute Gasteiger partial charge is 0.276 e. The first kappa shape index (κ1) is 13.1. The van der Waals surface area contributed by atoms with Crippen molar-refractivity contribution in [3.05, 3.63) is 41.0 Å². The Morgan fingerprint density at radius 1 is 1.25 bits per heavy atom. The number of carbonyl (C=O) groups is 1. The summed E-state index contributed by atoms with van der Waals surface area (Å²) < 4.78 is 5.25. The van der Waals surface area contributed by atoms with E-state index in [1.165, 1.54) is 0 Å². The van der Waals surface area contributed by atoms with Crippen LogP contribution in [0.5, 0.6) is 0 Å². The highest BCUT2D eigenvalue weighted by atomic mass is 35.5. The molecule has 1 N–H and O–H groups in total. The average Bonchev–Trinajstić information content (AvgIpc) is 2.98. The first-order valence-corrected chi connectivity index (χ1v) is 6.84. The summed E-state index contributed by atoms with van der Waals surface area (Å²) in [6.45, 7) is 3.02. The summed E-state index contributed by atoms with van der Waals surface area (Å²) in [4.78, 5) is 14.0. The van der Waals surface area contributed by atoms with Gasteiger partial charge in [-0.15, -0.1) is 0 Å².